The van der Waals surface area contributed by atoms with E-state index in [1.54, 1.807) is 12.1 Å². The van der Waals surface area contributed by atoms with Gasteiger partial charge in [-0.05, 0) is 37.6 Å². The molecule has 0 fully saturated rings. The van der Waals surface area contributed by atoms with Gasteiger partial charge >= 0.3 is 0 Å². The Kier molecular flexibility index (Phi) is 4.10. The zero-order chi connectivity index (χ0) is 14.8. The number of nitrogen functional groups attached to an aromatic ring is 1. The first kappa shape index (κ1) is 14.5. The maximum Gasteiger partial charge on any atom is 0.260 e. The molecule has 0 amide bonds. The standard InChI is InChI=1S/C13H18N4O2S/c1-10(2)17(9-11-4-3-5-12(14)8-11)20(18,19)13-6-7-15-16-13/h3-8,10H,9,14H2,1-2H3,(H,15,16). The molecule has 1 heterocycles. The van der Waals surface area contributed by atoms with Crippen LogP contribution in [0.3, 0.4) is 0 Å². The van der Waals surface area contributed by atoms with Gasteiger partial charge < -0.3 is 5.73 Å². The van der Waals surface area contributed by atoms with Crippen LogP contribution in [-0.2, 0) is 16.6 Å². The summed E-state index contributed by atoms with van der Waals surface area (Å²) in [5.41, 5.74) is 7.19. The minimum absolute atomic E-state index is 0.0927. The average molecular weight is 294 g/mol. The average Bonchev–Trinajstić information content (AvgIpc) is 2.90. The molecule has 6 nitrogen and oxygen atoms in total. The predicted molar refractivity (Wildman–Crippen MR) is 77.3 cm³/mol. The van der Waals surface area contributed by atoms with Gasteiger partial charge in [-0.3, -0.25) is 5.10 Å². The highest BCUT2D eigenvalue weighted by Gasteiger charge is 2.28. The first-order valence-corrected chi connectivity index (χ1v) is 7.71. The molecule has 0 saturated heterocycles. The first-order chi connectivity index (χ1) is 9.41. The summed E-state index contributed by atoms with van der Waals surface area (Å²) in [6.07, 6.45) is 1.42. The number of H-pyrrole nitrogens is 1. The van der Waals surface area contributed by atoms with E-state index in [-0.39, 0.29) is 17.6 Å². The first-order valence-electron chi connectivity index (χ1n) is 6.27. The topological polar surface area (TPSA) is 92.1 Å². The minimum Gasteiger partial charge on any atom is -0.399 e. The normalized spacial score (nSPS) is 12.2. The number of sulfonamides is 1. The number of anilines is 1. The lowest BCUT2D eigenvalue weighted by Crippen LogP contribution is -2.36. The van der Waals surface area contributed by atoms with E-state index in [0.717, 1.165) is 5.56 Å². The van der Waals surface area contributed by atoms with Crippen LogP contribution in [-0.4, -0.2) is 29.0 Å². The second kappa shape index (κ2) is 5.64. The third-order valence-electron chi connectivity index (χ3n) is 2.93. The molecule has 0 bridgehead atoms. The van der Waals surface area contributed by atoms with Crippen molar-refractivity contribution in [2.45, 2.75) is 31.5 Å². The molecule has 0 radical (unpaired) electrons. The number of hydrogen-bond donors (Lipinski definition) is 2. The lowest BCUT2D eigenvalue weighted by atomic mass is 10.2. The van der Waals surface area contributed by atoms with Crippen molar-refractivity contribution >= 4 is 15.7 Å². The Bertz CT molecular complexity index is 665. The second-order valence-corrected chi connectivity index (χ2v) is 6.67. The molecular formula is C13H18N4O2S. The SMILES string of the molecule is CC(C)N(Cc1cccc(N)c1)S(=O)(=O)c1ccn[nH]1. The largest absolute Gasteiger partial charge is 0.399 e. The van der Waals surface area contributed by atoms with Crippen LogP contribution in [0.5, 0.6) is 0 Å². The number of nitrogens with two attached hydrogens (primary N) is 1. The van der Waals surface area contributed by atoms with E-state index in [0.29, 0.717) is 5.69 Å². The monoisotopic (exact) mass is 294 g/mol. The molecule has 0 spiro atoms. The molecule has 2 rings (SSSR count). The lowest BCUT2D eigenvalue weighted by Gasteiger charge is -2.25. The Hall–Kier alpha value is -1.86. The van der Waals surface area contributed by atoms with Gasteiger partial charge in [-0.25, -0.2) is 8.42 Å². The molecule has 0 atom stereocenters. The highest BCUT2D eigenvalue weighted by Crippen LogP contribution is 2.20. The van der Waals surface area contributed by atoms with Gasteiger partial charge in [-0.1, -0.05) is 12.1 Å². The van der Waals surface area contributed by atoms with E-state index in [4.69, 9.17) is 5.73 Å². The molecule has 108 valence electrons. The van der Waals surface area contributed by atoms with E-state index in [9.17, 15) is 8.42 Å². The summed E-state index contributed by atoms with van der Waals surface area (Å²) in [4.78, 5) is 0. The number of benzene rings is 1. The van der Waals surface area contributed by atoms with Crippen LogP contribution in [0, 0.1) is 0 Å². The van der Waals surface area contributed by atoms with Gasteiger partial charge in [0.1, 0.15) is 0 Å². The zero-order valence-corrected chi connectivity index (χ0v) is 12.3. The molecule has 1 aromatic carbocycles. The molecule has 0 unspecified atom stereocenters. The molecule has 0 aliphatic rings. The van der Waals surface area contributed by atoms with Crippen molar-refractivity contribution < 1.29 is 8.42 Å². The van der Waals surface area contributed by atoms with Crippen molar-refractivity contribution in [3.63, 3.8) is 0 Å². The summed E-state index contributed by atoms with van der Waals surface area (Å²) in [5, 5.41) is 6.30. The zero-order valence-electron chi connectivity index (χ0n) is 11.4. The number of nitrogens with zero attached hydrogens (tertiary/aromatic N) is 2. The highest BCUT2D eigenvalue weighted by atomic mass is 32.2. The second-order valence-electron chi connectivity index (χ2n) is 4.81. The summed E-state index contributed by atoms with van der Waals surface area (Å²) < 4.78 is 26.5. The Morgan fingerprint density at radius 2 is 2.10 bits per heavy atom. The molecule has 1 aromatic heterocycles. The molecule has 7 heteroatoms. The molecule has 20 heavy (non-hydrogen) atoms. The van der Waals surface area contributed by atoms with Gasteiger partial charge in [-0.2, -0.15) is 9.40 Å². The molecule has 3 N–H and O–H groups in total. The Balaban J connectivity index is 2.33. The fourth-order valence-electron chi connectivity index (χ4n) is 1.93. The van der Waals surface area contributed by atoms with Crippen molar-refractivity contribution in [3.8, 4) is 0 Å². The molecule has 0 aliphatic carbocycles. The number of aromatic amines is 1. The van der Waals surface area contributed by atoms with Crippen LogP contribution in [0.15, 0.2) is 41.6 Å². The van der Waals surface area contributed by atoms with Crippen LogP contribution in [0.4, 0.5) is 5.69 Å². The van der Waals surface area contributed by atoms with E-state index in [1.165, 1.54) is 16.6 Å². The Labute approximate surface area is 118 Å². The van der Waals surface area contributed by atoms with Crippen molar-refractivity contribution in [1.29, 1.82) is 0 Å². The lowest BCUT2D eigenvalue weighted by molar-refractivity contribution is 0.346. The van der Waals surface area contributed by atoms with Crippen molar-refractivity contribution in [3.05, 3.63) is 42.1 Å². The van der Waals surface area contributed by atoms with Gasteiger partial charge in [0.15, 0.2) is 5.03 Å². The fraction of sp³-hybridized carbons (Fsp3) is 0.308. The third-order valence-corrected chi connectivity index (χ3v) is 4.88. The summed E-state index contributed by atoms with van der Waals surface area (Å²) >= 11 is 0. The van der Waals surface area contributed by atoms with Crippen molar-refractivity contribution in [1.82, 2.24) is 14.5 Å². The number of nitrogens with one attached hydrogen (secondary N) is 1. The summed E-state index contributed by atoms with van der Waals surface area (Å²) in [6, 6.07) is 8.49. The minimum atomic E-state index is -3.59. The molecule has 2 aromatic rings. The van der Waals surface area contributed by atoms with Crippen molar-refractivity contribution in [2.75, 3.05) is 5.73 Å². The number of aromatic nitrogens is 2. The summed E-state index contributed by atoms with van der Waals surface area (Å²) in [5.74, 6) is 0. The van der Waals surface area contributed by atoms with Gasteiger partial charge in [0.2, 0.25) is 0 Å². The fourth-order valence-corrected chi connectivity index (χ4v) is 3.46. The van der Waals surface area contributed by atoms with Gasteiger partial charge in [-0.15, -0.1) is 0 Å². The van der Waals surface area contributed by atoms with Crippen LogP contribution >= 0.6 is 0 Å². The number of hydrogen-bond acceptors (Lipinski definition) is 4. The highest BCUT2D eigenvalue weighted by molar-refractivity contribution is 7.89. The van der Waals surface area contributed by atoms with E-state index >= 15 is 0 Å². The van der Waals surface area contributed by atoms with Gasteiger partial charge in [0.05, 0.1) is 6.20 Å². The van der Waals surface area contributed by atoms with Crippen LogP contribution in [0.2, 0.25) is 0 Å². The van der Waals surface area contributed by atoms with Gasteiger partial charge in [0.25, 0.3) is 10.0 Å². The Morgan fingerprint density at radius 1 is 1.35 bits per heavy atom. The van der Waals surface area contributed by atoms with Gasteiger partial charge in [0, 0.05) is 18.3 Å². The smallest absolute Gasteiger partial charge is 0.260 e. The van der Waals surface area contributed by atoms with E-state index in [1.807, 2.05) is 26.0 Å². The van der Waals surface area contributed by atoms with Crippen LogP contribution in [0.25, 0.3) is 0 Å². The van der Waals surface area contributed by atoms with Crippen LogP contribution < -0.4 is 5.73 Å². The summed E-state index contributed by atoms with van der Waals surface area (Å²) in [6.45, 7) is 3.94. The summed E-state index contributed by atoms with van der Waals surface area (Å²) in [7, 11) is -3.59. The maximum atomic E-state index is 12.5. The predicted octanol–water partition coefficient (Wildman–Crippen LogP) is 1.59. The van der Waals surface area contributed by atoms with E-state index in [2.05, 4.69) is 10.2 Å². The molecular weight excluding hydrogens is 276 g/mol. The number of rotatable bonds is 5. The Morgan fingerprint density at radius 3 is 2.65 bits per heavy atom. The molecule has 0 aliphatic heterocycles. The van der Waals surface area contributed by atoms with E-state index < -0.39 is 10.0 Å². The van der Waals surface area contributed by atoms with Crippen molar-refractivity contribution in [2.24, 2.45) is 0 Å². The third kappa shape index (κ3) is 3.00. The maximum absolute atomic E-state index is 12.5. The molecule has 0 saturated carbocycles. The quantitative estimate of drug-likeness (QED) is 0.819. The van der Waals surface area contributed by atoms with Crippen LogP contribution in [0.1, 0.15) is 19.4 Å².